The van der Waals surface area contributed by atoms with Crippen LogP contribution in [0.3, 0.4) is 0 Å². The molecule has 0 spiro atoms. The van der Waals surface area contributed by atoms with E-state index in [1.165, 1.54) is 5.56 Å². The summed E-state index contributed by atoms with van der Waals surface area (Å²) in [4.78, 5) is 14.7. The maximum absolute atomic E-state index is 12.6. The largest absolute Gasteiger partial charge is 0.376 e. The molecule has 1 aliphatic heterocycles. The lowest BCUT2D eigenvalue weighted by Crippen LogP contribution is -2.39. The van der Waals surface area contributed by atoms with Crippen LogP contribution in [0.5, 0.6) is 0 Å². The molecule has 1 aliphatic carbocycles. The Morgan fingerprint density at radius 2 is 2.04 bits per heavy atom. The lowest BCUT2D eigenvalue weighted by molar-refractivity contribution is -0.135. The average molecular weight is 316 g/mol. The van der Waals surface area contributed by atoms with Gasteiger partial charge in [-0.15, -0.1) is 0 Å². The fourth-order valence-corrected chi connectivity index (χ4v) is 3.80. The minimum Gasteiger partial charge on any atom is -0.376 e. The number of carbonyl (C=O) groups excluding carboxylic acids is 1. The Morgan fingerprint density at radius 1 is 1.22 bits per heavy atom. The van der Waals surface area contributed by atoms with Gasteiger partial charge in [-0.05, 0) is 31.2 Å². The molecule has 2 fully saturated rings. The van der Waals surface area contributed by atoms with Crippen LogP contribution in [0.15, 0.2) is 30.3 Å². The molecule has 4 heteroatoms. The molecule has 0 radical (unpaired) electrons. The van der Waals surface area contributed by atoms with Gasteiger partial charge in [-0.3, -0.25) is 4.79 Å². The second kappa shape index (κ2) is 7.93. The van der Waals surface area contributed by atoms with Gasteiger partial charge in [0.15, 0.2) is 0 Å². The zero-order chi connectivity index (χ0) is 16.1. The minimum atomic E-state index is 0.155. The Hall–Kier alpha value is -1.39. The summed E-state index contributed by atoms with van der Waals surface area (Å²) in [5.41, 5.74) is 7.22. The maximum Gasteiger partial charge on any atom is 0.225 e. The third kappa shape index (κ3) is 4.55. The molecule has 2 aliphatic rings. The monoisotopic (exact) mass is 316 g/mol. The van der Waals surface area contributed by atoms with E-state index in [0.717, 1.165) is 51.8 Å². The fourth-order valence-electron chi connectivity index (χ4n) is 3.80. The predicted octanol–water partition coefficient (Wildman–Crippen LogP) is 2.57. The molecule has 3 unspecified atom stereocenters. The van der Waals surface area contributed by atoms with Gasteiger partial charge in [0.25, 0.3) is 0 Å². The lowest BCUT2D eigenvalue weighted by Gasteiger charge is -2.29. The molecule has 126 valence electrons. The Labute approximate surface area is 139 Å². The number of benzene rings is 1. The first-order chi connectivity index (χ1) is 11.2. The zero-order valence-electron chi connectivity index (χ0n) is 13.8. The molecular formula is C19H28N2O2. The zero-order valence-corrected chi connectivity index (χ0v) is 13.8. The second-order valence-electron chi connectivity index (χ2n) is 7.06. The number of carbonyl (C=O) groups is 1. The molecule has 1 saturated carbocycles. The van der Waals surface area contributed by atoms with Gasteiger partial charge in [0, 0.05) is 31.0 Å². The van der Waals surface area contributed by atoms with Gasteiger partial charge in [-0.2, -0.15) is 0 Å². The van der Waals surface area contributed by atoms with E-state index in [0.29, 0.717) is 18.4 Å². The van der Waals surface area contributed by atoms with Crippen molar-refractivity contribution in [1.29, 1.82) is 0 Å². The summed E-state index contributed by atoms with van der Waals surface area (Å²) >= 11 is 0. The van der Waals surface area contributed by atoms with E-state index in [1.54, 1.807) is 0 Å². The molecule has 3 rings (SSSR count). The standard InChI is InChI=1S/C19H28N2O2/c20-18-8-4-7-17(11-18)19(22)21-10-9-16(12-21)14-23-13-15-5-2-1-3-6-15/h1-3,5-6,16-18H,4,7-14,20H2. The molecular weight excluding hydrogens is 288 g/mol. The van der Waals surface area contributed by atoms with E-state index < -0.39 is 0 Å². The summed E-state index contributed by atoms with van der Waals surface area (Å²) in [6.45, 7) is 3.12. The van der Waals surface area contributed by atoms with Crippen molar-refractivity contribution in [3.05, 3.63) is 35.9 Å². The molecule has 23 heavy (non-hydrogen) atoms. The fraction of sp³-hybridized carbons (Fsp3) is 0.632. The van der Waals surface area contributed by atoms with Crippen LogP contribution in [0.1, 0.15) is 37.7 Å². The van der Waals surface area contributed by atoms with Gasteiger partial charge in [0.1, 0.15) is 0 Å². The smallest absolute Gasteiger partial charge is 0.225 e. The van der Waals surface area contributed by atoms with E-state index in [9.17, 15) is 4.79 Å². The van der Waals surface area contributed by atoms with Gasteiger partial charge in [-0.1, -0.05) is 36.8 Å². The molecule has 1 amide bonds. The Morgan fingerprint density at radius 3 is 2.83 bits per heavy atom. The molecule has 1 aromatic carbocycles. The van der Waals surface area contributed by atoms with Crippen LogP contribution in [0.4, 0.5) is 0 Å². The van der Waals surface area contributed by atoms with Gasteiger partial charge in [0.2, 0.25) is 5.91 Å². The van der Waals surface area contributed by atoms with Crippen LogP contribution in [0.25, 0.3) is 0 Å². The Bertz CT molecular complexity index is 505. The third-order valence-corrected chi connectivity index (χ3v) is 5.13. The molecule has 1 aromatic rings. The molecule has 0 bridgehead atoms. The number of amides is 1. The average Bonchev–Trinajstić information content (AvgIpc) is 3.04. The van der Waals surface area contributed by atoms with Crippen LogP contribution < -0.4 is 5.73 Å². The summed E-state index contributed by atoms with van der Waals surface area (Å²) in [6, 6.07) is 10.5. The summed E-state index contributed by atoms with van der Waals surface area (Å²) in [7, 11) is 0. The molecule has 4 nitrogen and oxygen atoms in total. The van der Waals surface area contributed by atoms with Crippen molar-refractivity contribution in [2.45, 2.75) is 44.8 Å². The van der Waals surface area contributed by atoms with Crippen LogP contribution in [0.2, 0.25) is 0 Å². The summed E-state index contributed by atoms with van der Waals surface area (Å²) in [5.74, 6) is 0.952. The highest BCUT2D eigenvalue weighted by Crippen LogP contribution is 2.27. The van der Waals surface area contributed by atoms with Crippen LogP contribution >= 0.6 is 0 Å². The highest BCUT2D eigenvalue weighted by Gasteiger charge is 2.33. The molecule has 2 N–H and O–H groups in total. The number of hydrogen-bond donors (Lipinski definition) is 1. The Balaban J connectivity index is 1.40. The van der Waals surface area contributed by atoms with Crippen molar-refractivity contribution in [2.75, 3.05) is 19.7 Å². The third-order valence-electron chi connectivity index (χ3n) is 5.13. The topological polar surface area (TPSA) is 55.6 Å². The maximum atomic E-state index is 12.6. The number of hydrogen-bond acceptors (Lipinski definition) is 3. The van der Waals surface area contributed by atoms with Crippen LogP contribution in [0, 0.1) is 11.8 Å². The first-order valence-electron chi connectivity index (χ1n) is 8.88. The van der Waals surface area contributed by atoms with Gasteiger partial charge in [-0.25, -0.2) is 0 Å². The highest BCUT2D eigenvalue weighted by molar-refractivity contribution is 5.79. The van der Waals surface area contributed by atoms with E-state index in [4.69, 9.17) is 10.5 Å². The van der Waals surface area contributed by atoms with E-state index in [-0.39, 0.29) is 12.0 Å². The van der Waals surface area contributed by atoms with E-state index in [1.807, 2.05) is 23.1 Å². The molecule has 0 aromatic heterocycles. The number of nitrogens with zero attached hydrogens (tertiary/aromatic N) is 1. The summed E-state index contributed by atoms with van der Waals surface area (Å²) < 4.78 is 5.84. The van der Waals surface area contributed by atoms with Crippen molar-refractivity contribution >= 4 is 5.91 Å². The minimum absolute atomic E-state index is 0.155. The number of rotatable bonds is 5. The SMILES string of the molecule is NC1CCCC(C(=O)N2CCC(COCc3ccccc3)C2)C1. The van der Waals surface area contributed by atoms with E-state index in [2.05, 4.69) is 12.1 Å². The normalized spacial score (nSPS) is 28.0. The van der Waals surface area contributed by atoms with Gasteiger partial charge >= 0.3 is 0 Å². The van der Waals surface area contributed by atoms with Crippen LogP contribution in [-0.2, 0) is 16.1 Å². The first-order valence-corrected chi connectivity index (χ1v) is 8.88. The number of ether oxygens (including phenoxy) is 1. The number of likely N-dealkylation sites (tertiary alicyclic amines) is 1. The van der Waals surface area contributed by atoms with Crippen molar-refractivity contribution in [2.24, 2.45) is 17.6 Å². The van der Waals surface area contributed by atoms with Crippen LogP contribution in [-0.4, -0.2) is 36.5 Å². The Kier molecular flexibility index (Phi) is 5.68. The lowest BCUT2D eigenvalue weighted by atomic mass is 9.85. The molecule has 3 atom stereocenters. The highest BCUT2D eigenvalue weighted by atomic mass is 16.5. The predicted molar refractivity (Wildman–Crippen MR) is 90.7 cm³/mol. The summed E-state index contributed by atoms with van der Waals surface area (Å²) in [6.07, 6.45) is 5.09. The van der Waals surface area contributed by atoms with Crippen molar-refractivity contribution in [1.82, 2.24) is 4.90 Å². The van der Waals surface area contributed by atoms with Crippen molar-refractivity contribution in [3.8, 4) is 0 Å². The van der Waals surface area contributed by atoms with Gasteiger partial charge < -0.3 is 15.4 Å². The van der Waals surface area contributed by atoms with Gasteiger partial charge in [0.05, 0.1) is 13.2 Å². The first kappa shape index (κ1) is 16.5. The molecule has 1 saturated heterocycles. The summed E-state index contributed by atoms with van der Waals surface area (Å²) in [5, 5.41) is 0. The van der Waals surface area contributed by atoms with Crippen molar-refractivity contribution < 1.29 is 9.53 Å². The second-order valence-corrected chi connectivity index (χ2v) is 7.06. The van der Waals surface area contributed by atoms with E-state index >= 15 is 0 Å². The number of nitrogens with two attached hydrogens (primary N) is 1. The van der Waals surface area contributed by atoms with Crippen molar-refractivity contribution in [3.63, 3.8) is 0 Å². The quantitative estimate of drug-likeness (QED) is 0.908. The molecule has 1 heterocycles.